The molecule has 0 aliphatic rings. The Morgan fingerprint density at radius 1 is 1.14 bits per heavy atom. The number of aliphatic carboxylic acids is 1. The molecule has 1 amide bonds. The zero-order chi connectivity index (χ0) is 20.9. The van der Waals surface area contributed by atoms with Crippen molar-refractivity contribution < 1.29 is 37.3 Å². The first kappa shape index (κ1) is 21.2. The third-order valence-electron chi connectivity index (χ3n) is 3.13. The molecule has 0 fully saturated rings. The first-order valence-electron chi connectivity index (χ1n) is 7.44. The summed E-state index contributed by atoms with van der Waals surface area (Å²) in [6.07, 6.45) is -4.83. The monoisotopic (exact) mass is 460 g/mol. The minimum atomic E-state index is -4.83. The van der Waals surface area contributed by atoms with Crippen molar-refractivity contribution >= 4 is 33.6 Å². The fourth-order valence-corrected chi connectivity index (χ4v) is 2.36. The summed E-state index contributed by atoms with van der Waals surface area (Å²) < 4.78 is 45.8. The highest BCUT2D eigenvalue weighted by Gasteiger charge is 2.31. The number of carboxylic acids is 1. The van der Waals surface area contributed by atoms with E-state index in [-0.39, 0.29) is 22.7 Å². The summed E-state index contributed by atoms with van der Waals surface area (Å²) in [5.74, 6) is -2.78. The summed E-state index contributed by atoms with van der Waals surface area (Å²) >= 11 is 3.18. The zero-order valence-electron chi connectivity index (χ0n) is 13.9. The second-order valence-electron chi connectivity index (χ2n) is 5.20. The molecule has 0 bridgehead atoms. The number of hydrogen-bond donors (Lipinski definition) is 2. The number of halogens is 4. The van der Waals surface area contributed by atoms with E-state index < -0.39 is 30.6 Å². The number of carboxylic acid groups (broad SMARTS) is 1. The van der Waals surface area contributed by atoms with Gasteiger partial charge in [0.25, 0.3) is 5.91 Å². The summed E-state index contributed by atoms with van der Waals surface area (Å²) in [5, 5.41) is 8.70. The van der Waals surface area contributed by atoms with Crippen LogP contribution in [0.3, 0.4) is 0 Å². The Labute approximate surface area is 164 Å². The number of ether oxygens (including phenoxy) is 2. The second kappa shape index (κ2) is 8.74. The van der Waals surface area contributed by atoms with E-state index in [9.17, 15) is 22.8 Å². The molecule has 0 atom stereocenters. The third kappa shape index (κ3) is 6.27. The Bertz CT molecular complexity index is 914. The number of benzene rings is 2. The molecule has 11 heteroatoms. The molecule has 0 unspecified atom stereocenters. The van der Waals surface area contributed by atoms with Crippen LogP contribution in [0.4, 0.5) is 13.2 Å². The minimum Gasteiger partial charge on any atom is -0.481 e. The number of aliphatic imine (C=N–C) groups is 1. The van der Waals surface area contributed by atoms with Crippen LogP contribution < -0.4 is 15.2 Å². The molecule has 2 aromatic rings. The van der Waals surface area contributed by atoms with Crippen LogP contribution in [0.1, 0.15) is 15.9 Å². The molecular formula is C17H12BrF3N2O5. The normalized spacial score (nSPS) is 11.8. The Morgan fingerprint density at radius 3 is 2.36 bits per heavy atom. The molecule has 0 aliphatic carbocycles. The topological polar surface area (TPSA) is 111 Å². The number of amidine groups is 1. The Morgan fingerprint density at radius 2 is 1.79 bits per heavy atom. The van der Waals surface area contributed by atoms with Crippen molar-refractivity contribution in [1.29, 1.82) is 0 Å². The highest BCUT2D eigenvalue weighted by Crippen LogP contribution is 2.25. The number of nitrogens with zero attached hydrogens (tertiary/aromatic N) is 1. The fourth-order valence-electron chi connectivity index (χ4n) is 2.00. The quantitative estimate of drug-likeness (QED) is 0.504. The van der Waals surface area contributed by atoms with Crippen LogP contribution >= 0.6 is 15.9 Å². The van der Waals surface area contributed by atoms with Crippen LogP contribution in [0, 0.1) is 0 Å². The molecule has 0 saturated heterocycles. The maximum atomic E-state index is 12.4. The summed E-state index contributed by atoms with van der Waals surface area (Å²) in [5.41, 5.74) is 5.88. The first-order chi connectivity index (χ1) is 13.0. The highest BCUT2D eigenvalue weighted by atomic mass is 79.9. The van der Waals surface area contributed by atoms with Gasteiger partial charge in [-0.15, -0.1) is 13.2 Å². The van der Waals surface area contributed by atoms with Crippen LogP contribution in [0.15, 0.2) is 51.9 Å². The zero-order valence-corrected chi connectivity index (χ0v) is 15.5. The molecule has 28 heavy (non-hydrogen) atoms. The van der Waals surface area contributed by atoms with Crippen molar-refractivity contribution in [3.8, 4) is 11.5 Å². The summed E-state index contributed by atoms with van der Waals surface area (Å²) in [7, 11) is 0. The van der Waals surface area contributed by atoms with Gasteiger partial charge >= 0.3 is 12.3 Å². The predicted octanol–water partition coefficient (Wildman–Crippen LogP) is 3.36. The van der Waals surface area contributed by atoms with Gasteiger partial charge < -0.3 is 20.3 Å². The maximum absolute atomic E-state index is 12.4. The lowest BCUT2D eigenvalue weighted by molar-refractivity contribution is -0.274. The first-order valence-corrected chi connectivity index (χ1v) is 8.23. The Hall–Kier alpha value is -3.08. The lowest BCUT2D eigenvalue weighted by atomic mass is 10.1. The van der Waals surface area contributed by atoms with Crippen molar-refractivity contribution in [3.63, 3.8) is 0 Å². The number of hydrogen-bond acceptors (Lipinski definition) is 4. The van der Waals surface area contributed by atoms with Gasteiger partial charge in [-0.05, 0) is 42.5 Å². The largest absolute Gasteiger partial charge is 0.573 e. The number of carbonyl (C=O) groups is 2. The standard InChI is InChI=1S/C17H12BrF3N2O5/c18-10-3-6-13(27-8-14(24)25)12(7-10)16(26)23-15(22)9-1-4-11(5-2-9)28-17(19,20)21/h1-7H,8H2,(H,24,25)(H2,22,23,26). The smallest absolute Gasteiger partial charge is 0.481 e. The van der Waals surface area contributed by atoms with Gasteiger partial charge in [-0.2, -0.15) is 4.99 Å². The average molecular weight is 461 g/mol. The number of nitrogens with two attached hydrogens (primary N) is 1. The van der Waals surface area contributed by atoms with E-state index in [1.54, 1.807) is 6.07 Å². The number of amides is 1. The molecule has 3 N–H and O–H groups in total. The van der Waals surface area contributed by atoms with Crippen LogP contribution in [0.5, 0.6) is 11.5 Å². The van der Waals surface area contributed by atoms with Crippen LogP contribution in [0.25, 0.3) is 0 Å². The van der Waals surface area contributed by atoms with Crippen LogP contribution in [-0.2, 0) is 4.79 Å². The lowest BCUT2D eigenvalue weighted by Crippen LogP contribution is -2.18. The van der Waals surface area contributed by atoms with Crippen LogP contribution in [-0.4, -0.2) is 35.8 Å². The van der Waals surface area contributed by atoms with Crippen LogP contribution in [0.2, 0.25) is 0 Å². The van der Waals surface area contributed by atoms with E-state index >= 15 is 0 Å². The molecule has 0 aliphatic heterocycles. The summed E-state index contributed by atoms with van der Waals surface area (Å²) in [6, 6.07) is 8.75. The average Bonchev–Trinajstić information content (AvgIpc) is 2.59. The maximum Gasteiger partial charge on any atom is 0.573 e. The lowest BCUT2D eigenvalue weighted by Gasteiger charge is -2.10. The summed E-state index contributed by atoms with van der Waals surface area (Å²) in [4.78, 5) is 26.8. The van der Waals surface area contributed by atoms with Gasteiger partial charge in [0.05, 0.1) is 5.56 Å². The molecule has 0 heterocycles. The molecule has 148 valence electrons. The second-order valence-corrected chi connectivity index (χ2v) is 6.11. The molecule has 0 radical (unpaired) electrons. The molecule has 0 spiro atoms. The van der Waals surface area contributed by atoms with E-state index in [0.717, 1.165) is 12.1 Å². The van der Waals surface area contributed by atoms with Gasteiger partial charge in [-0.1, -0.05) is 15.9 Å². The highest BCUT2D eigenvalue weighted by molar-refractivity contribution is 9.10. The Kier molecular flexibility index (Phi) is 6.62. The van der Waals surface area contributed by atoms with E-state index in [2.05, 4.69) is 25.7 Å². The van der Waals surface area contributed by atoms with E-state index in [0.29, 0.717) is 4.47 Å². The third-order valence-corrected chi connectivity index (χ3v) is 3.62. The van der Waals surface area contributed by atoms with E-state index in [4.69, 9.17) is 15.6 Å². The molecule has 0 aromatic heterocycles. The van der Waals surface area contributed by atoms with Gasteiger partial charge in [0.2, 0.25) is 0 Å². The Balaban J connectivity index is 2.23. The van der Waals surface area contributed by atoms with E-state index in [1.807, 2.05) is 0 Å². The number of alkyl halides is 3. The molecular weight excluding hydrogens is 449 g/mol. The number of rotatable bonds is 6. The molecule has 0 saturated carbocycles. The van der Waals surface area contributed by atoms with Crippen molar-refractivity contribution in [2.45, 2.75) is 6.36 Å². The van der Waals surface area contributed by atoms with Crippen molar-refractivity contribution in [2.75, 3.05) is 6.61 Å². The fraction of sp³-hybridized carbons (Fsp3) is 0.118. The van der Waals surface area contributed by atoms with E-state index in [1.165, 1.54) is 24.3 Å². The predicted molar refractivity (Wildman–Crippen MR) is 95.5 cm³/mol. The van der Waals surface area contributed by atoms with Crippen molar-refractivity contribution in [3.05, 3.63) is 58.1 Å². The molecule has 2 rings (SSSR count). The molecule has 7 nitrogen and oxygen atoms in total. The van der Waals surface area contributed by atoms with Gasteiger partial charge in [-0.3, -0.25) is 4.79 Å². The van der Waals surface area contributed by atoms with Gasteiger partial charge in [-0.25, -0.2) is 4.79 Å². The summed E-state index contributed by atoms with van der Waals surface area (Å²) in [6.45, 7) is -0.665. The van der Waals surface area contributed by atoms with Crippen molar-refractivity contribution in [1.82, 2.24) is 0 Å². The van der Waals surface area contributed by atoms with Crippen molar-refractivity contribution in [2.24, 2.45) is 10.7 Å². The van der Waals surface area contributed by atoms with Gasteiger partial charge in [0, 0.05) is 10.0 Å². The molecule has 2 aromatic carbocycles. The SMILES string of the molecule is NC(=NC(=O)c1cc(Br)ccc1OCC(=O)O)c1ccc(OC(F)(F)F)cc1. The minimum absolute atomic E-state index is 0.0129. The van der Waals surface area contributed by atoms with Gasteiger partial charge in [0.1, 0.15) is 17.3 Å². The van der Waals surface area contributed by atoms with Gasteiger partial charge in [0.15, 0.2) is 6.61 Å². The number of carbonyl (C=O) groups excluding carboxylic acids is 1.